The van der Waals surface area contributed by atoms with E-state index < -0.39 is 57.3 Å². The van der Waals surface area contributed by atoms with Gasteiger partial charge >= 0.3 is 11.9 Å². The molecular weight excluding hydrogens is 766 g/mol. The summed E-state index contributed by atoms with van der Waals surface area (Å²) in [5.74, 6) is -4.74. The maximum Gasteiger partial charge on any atom is 0.326 e. The van der Waals surface area contributed by atoms with Crippen LogP contribution in [-0.4, -0.2) is 69.8 Å². The molecule has 0 spiro atoms. The number of nitrogens with one attached hydrogen (secondary N) is 2. The van der Waals surface area contributed by atoms with Crippen LogP contribution in [0.5, 0.6) is 0 Å². The number of sulfonamides is 1. The van der Waals surface area contributed by atoms with Gasteiger partial charge in [0.2, 0.25) is 15.9 Å². The molecule has 1 aromatic heterocycles. The fourth-order valence-corrected chi connectivity index (χ4v) is 9.34. The van der Waals surface area contributed by atoms with Crippen molar-refractivity contribution in [2.45, 2.75) is 41.7 Å². The van der Waals surface area contributed by atoms with Crippen molar-refractivity contribution in [3.05, 3.63) is 122 Å². The van der Waals surface area contributed by atoms with Crippen LogP contribution < -0.4 is 10.6 Å². The van der Waals surface area contributed by atoms with Gasteiger partial charge in [0.15, 0.2) is 0 Å². The van der Waals surface area contributed by atoms with Crippen molar-refractivity contribution >= 4 is 85.9 Å². The highest BCUT2D eigenvalue weighted by Crippen LogP contribution is 2.50. The Labute approximate surface area is 312 Å². The molecule has 1 aliphatic rings. The van der Waals surface area contributed by atoms with Gasteiger partial charge in [-0.05, 0) is 54.8 Å². The number of carbonyl (C=O) groups is 4. The number of rotatable bonds is 11. The van der Waals surface area contributed by atoms with Gasteiger partial charge < -0.3 is 20.8 Å². The molecule has 5 rings (SSSR count). The zero-order chi connectivity index (χ0) is 37.3. The van der Waals surface area contributed by atoms with E-state index in [4.69, 9.17) is 46.4 Å². The van der Waals surface area contributed by atoms with E-state index in [9.17, 15) is 37.8 Å². The van der Waals surface area contributed by atoms with Crippen molar-refractivity contribution in [3.63, 3.8) is 0 Å². The second-order valence-electron chi connectivity index (χ2n) is 11.8. The van der Waals surface area contributed by atoms with E-state index in [1.807, 2.05) is 0 Å². The van der Waals surface area contributed by atoms with Gasteiger partial charge in [-0.3, -0.25) is 19.4 Å². The normalized spacial score (nSPS) is 19.6. The molecule has 1 fully saturated rings. The smallest absolute Gasteiger partial charge is 0.326 e. The van der Waals surface area contributed by atoms with E-state index in [0.29, 0.717) is 11.3 Å². The molecule has 1 unspecified atom stereocenters. The average molecular weight is 794 g/mol. The minimum atomic E-state index is -4.67. The molecule has 2 heterocycles. The van der Waals surface area contributed by atoms with Gasteiger partial charge in [-0.15, -0.1) is 0 Å². The summed E-state index contributed by atoms with van der Waals surface area (Å²) in [6.07, 6.45) is 1.90. The third kappa shape index (κ3) is 7.14. The number of nitrogens with zero attached hydrogens (tertiary/aromatic N) is 2. The Bertz CT molecular complexity index is 2100. The molecule has 4 N–H and O–H groups in total. The summed E-state index contributed by atoms with van der Waals surface area (Å²) < 4.78 is 29.2. The molecule has 17 heteroatoms. The number of carboxylic acids is 2. The molecule has 1 aliphatic heterocycles. The molecule has 0 saturated carbocycles. The lowest BCUT2D eigenvalue weighted by Crippen LogP contribution is -2.68. The van der Waals surface area contributed by atoms with Crippen LogP contribution in [-0.2, 0) is 36.2 Å². The van der Waals surface area contributed by atoms with Crippen LogP contribution in [0.25, 0.3) is 0 Å². The fourth-order valence-electron chi connectivity index (χ4n) is 6.29. The summed E-state index contributed by atoms with van der Waals surface area (Å²) in [6, 6.07) is 15.6. The number of aliphatic carboxylic acids is 2. The van der Waals surface area contributed by atoms with Crippen molar-refractivity contribution < 1.29 is 37.8 Å². The van der Waals surface area contributed by atoms with Gasteiger partial charge in [0, 0.05) is 41.1 Å². The Balaban J connectivity index is 1.48. The monoisotopic (exact) mass is 792 g/mol. The molecule has 0 aliphatic carbocycles. The maximum absolute atomic E-state index is 14.5. The molecule has 3 aromatic carbocycles. The van der Waals surface area contributed by atoms with Gasteiger partial charge in [0.05, 0.1) is 20.5 Å². The second-order valence-corrected chi connectivity index (χ2v) is 15.3. The Morgan fingerprint density at radius 1 is 0.902 bits per heavy atom. The van der Waals surface area contributed by atoms with Crippen molar-refractivity contribution in [2.75, 3.05) is 11.9 Å². The Morgan fingerprint density at radius 3 is 2.04 bits per heavy atom. The summed E-state index contributed by atoms with van der Waals surface area (Å²) in [7, 11) is -4.67. The van der Waals surface area contributed by atoms with Crippen LogP contribution in [0.4, 0.5) is 5.69 Å². The zero-order valence-electron chi connectivity index (χ0n) is 26.4. The predicted octanol–water partition coefficient (Wildman–Crippen LogP) is 5.94. The maximum atomic E-state index is 14.5. The van der Waals surface area contributed by atoms with Crippen molar-refractivity contribution in [1.29, 1.82) is 0 Å². The number of benzene rings is 3. The molecule has 266 valence electrons. The fraction of sp³-hybridized carbons (Fsp3) is 0.206. The van der Waals surface area contributed by atoms with Gasteiger partial charge in [0.25, 0.3) is 5.91 Å². The summed E-state index contributed by atoms with van der Waals surface area (Å²) >= 11 is 24.4. The van der Waals surface area contributed by atoms with E-state index >= 15 is 0 Å². The van der Waals surface area contributed by atoms with Crippen LogP contribution in [0.1, 0.15) is 34.8 Å². The second kappa shape index (κ2) is 14.8. The first-order chi connectivity index (χ1) is 24.0. The molecule has 3 atom stereocenters. The van der Waals surface area contributed by atoms with E-state index in [0.717, 1.165) is 23.4 Å². The number of halogens is 4. The quantitative estimate of drug-likeness (QED) is 0.143. The summed E-state index contributed by atoms with van der Waals surface area (Å²) in [6.45, 7) is 0.746. The van der Waals surface area contributed by atoms with Gasteiger partial charge in [-0.25, -0.2) is 13.2 Å². The number of pyridine rings is 1. The van der Waals surface area contributed by atoms with Crippen LogP contribution in [0.2, 0.25) is 20.1 Å². The lowest BCUT2D eigenvalue weighted by molar-refractivity contribution is -0.152. The lowest BCUT2D eigenvalue weighted by Gasteiger charge is -2.43. The van der Waals surface area contributed by atoms with Crippen molar-refractivity contribution in [1.82, 2.24) is 14.6 Å². The first-order valence-corrected chi connectivity index (χ1v) is 18.0. The molecule has 0 bridgehead atoms. The number of hydrogen-bond donors (Lipinski definition) is 4. The highest BCUT2D eigenvalue weighted by atomic mass is 35.5. The molecule has 0 radical (unpaired) electrons. The third-order valence-electron chi connectivity index (χ3n) is 8.85. The average Bonchev–Trinajstić information content (AvgIpc) is 3.40. The largest absolute Gasteiger partial charge is 0.481 e. The lowest BCUT2D eigenvalue weighted by atomic mass is 9.66. The Kier molecular flexibility index (Phi) is 11.0. The van der Waals surface area contributed by atoms with E-state index in [1.54, 1.807) is 18.2 Å². The molecule has 4 aromatic rings. The summed E-state index contributed by atoms with van der Waals surface area (Å²) in [5, 5.41) is 26.1. The molecule has 51 heavy (non-hydrogen) atoms. The van der Waals surface area contributed by atoms with Crippen molar-refractivity contribution in [3.8, 4) is 0 Å². The van der Waals surface area contributed by atoms with Gasteiger partial charge in [0.1, 0.15) is 17.0 Å². The van der Waals surface area contributed by atoms with Crippen LogP contribution in [0, 0.1) is 0 Å². The summed E-state index contributed by atoms with van der Waals surface area (Å²) in [4.78, 5) is 56.5. The number of hydrogen-bond acceptors (Lipinski definition) is 7. The van der Waals surface area contributed by atoms with Crippen LogP contribution in [0.15, 0.2) is 90.1 Å². The highest BCUT2D eigenvalue weighted by Gasteiger charge is 2.69. The number of carbonyl (C=O) groups excluding carboxylic acids is 2. The molecule has 12 nitrogen and oxygen atoms in total. The third-order valence-corrected chi connectivity index (χ3v) is 11.8. The minimum Gasteiger partial charge on any atom is -0.481 e. The van der Waals surface area contributed by atoms with E-state index in [1.165, 1.54) is 54.9 Å². The van der Waals surface area contributed by atoms with Gasteiger partial charge in [-0.2, -0.15) is 4.31 Å². The minimum absolute atomic E-state index is 0.00827. The molecular formula is C34H28Cl4N4O8S. The van der Waals surface area contributed by atoms with E-state index in [2.05, 4.69) is 15.6 Å². The zero-order valence-corrected chi connectivity index (χ0v) is 30.3. The van der Waals surface area contributed by atoms with Crippen molar-refractivity contribution in [2.24, 2.45) is 0 Å². The number of anilines is 1. The number of carboxylic acid groups (broad SMARTS) is 2. The SMILES string of the molecule is C[C@]1(C(=O)N[C@@H](Cc2ccc(NC(=O)c3c(Cl)cncc3Cl)cc2)C(=O)O)N(S(=O)(=O)c2cc(Cl)cc(Cl)c2)CCC1(C(=O)O)c1ccccc1. The number of amides is 2. The summed E-state index contributed by atoms with van der Waals surface area (Å²) in [5.41, 5.74) is -3.70. The standard InChI is InChI=1S/C34H28Cl4N4O8S/c1-33(31(46)41-27(30(44)45)13-19-7-9-23(10-8-19)40-29(43)28-25(37)17-39-18-26(28)38)34(32(47)48,20-5-3-2-4-6-20)11-12-42(33)51(49,50)24-15-21(35)14-22(36)16-24/h2-10,14-18,27H,11-13H2,1H3,(H,40,43)(H,41,46)(H,44,45)(H,47,48)/t27-,33+,34?/m0/s1. The number of aromatic nitrogens is 1. The van der Waals surface area contributed by atoms with E-state index in [-0.39, 0.29) is 49.0 Å². The predicted molar refractivity (Wildman–Crippen MR) is 191 cm³/mol. The Morgan fingerprint density at radius 2 is 1.49 bits per heavy atom. The van der Waals surface area contributed by atoms with Crippen LogP contribution >= 0.6 is 46.4 Å². The molecule has 1 saturated heterocycles. The first-order valence-electron chi connectivity index (χ1n) is 15.0. The molecule has 2 amide bonds. The highest BCUT2D eigenvalue weighted by molar-refractivity contribution is 7.89. The van der Waals surface area contributed by atoms with Crippen LogP contribution in [0.3, 0.4) is 0 Å². The first kappa shape index (κ1) is 38.0. The Hall–Kier alpha value is -4.24. The topological polar surface area (TPSA) is 183 Å². The van der Waals surface area contributed by atoms with Gasteiger partial charge in [-0.1, -0.05) is 88.9 Å².